The van der Waals surface area contributed by atoms with Gasteiger partial charge in [-0.15, -0.1) is 0 Å². The van der Waals surface area contributed by atoms with E-state index >= 15 is 0 Å². The second-order valence-electron chi connectivity index (χ2n) is 3.13. The molecule has 0 aliphatic heterocycles. The van der Waals surface area contributed by atoms with Crippen molar-refractivity contribution in [3.8, 4) is 0 Å². The molecule has 0 saturated carbocycles. The van der Waals surface area contributed by atoms with Crippen LogP contribution in [0.4, 0.5) is 18.9 Å². The summed E-state index contributed by atoms with van der Waals surface area (Å²) in [4.78, 5) is 21.0. The zero-order chi connectivity index (χ0) is 14.1. The standard InChI is InChI=1S/C9H4BrF3INO3/c10-3-6(16)4-1-2-5(14)8(15(17)18)7(4)9(11,12)13/h1-2H,3H2. The molecule has 0 amide bonds. The largest absolute Gasteiger partial charge is 0.423 e. The lowest BCUT2D eigenvalue weighted by molar-refractivity contribution is -0.389. The Hall–Kier alpha value is -0.710. The number of alkyl halides is 4. The quantitative estimate of drug-likeness (QED) is 0.237. The highest BCUT2D eigenvalue weighted by Crippen LogP contribution is 2.41. The number of ketones is 1. The Bertz CT molecular complexity index is 519. The predicted molar refractivity (Wildman–Crippen MR) is 68.9 cm³/mol. The number of hydrogen-bond acceptors (Lipinski definition) is 3. The van der Waals surface area contributed by atoms with Crippen LogP contribution in [0.2, 0.25) is 0 Å². The highest BCUT2D eigenvalue weighted by atomic mass is 127. The van der Waals surface area contributed by atoms with E-state index in [0.717, 1.165) is 12.1 Å². The second-order valence-corrected chi connectivity index (χ2v) is 4.85. The smallest absolute Gasteiger partial charge is 0.293 e. The van der Waals surface area contributed by atoms with E-state index in [0.29, 0.717) is 0 Å². The molecule has 98 valence electrons. The summed E-state index contributed by atoms with van der Waals surface area (Å²) in [5.74, 6) is -0.859. The Morgan fingerprint density at radius 2 is 2.00 bits per heavy atom. The monoisotopic (exact) mass is 437 g/mol. The Balaban J connectivity index is 3.71. The summed E-state index contributed by atoms with van der Waals surface area (Å²) < 4.78 is 38.4. The fourth-order valence-electron chi connectivity index (χ4n) is 1.34. The van der Waals surface area contributed by atoms with E-state index in [-0.39, 0.29) is 8.90 Å². The number of rotatable bonds is 3. The molecule has 1 aromatic rings. The second kappa shape index (κ2) is 5.51. The molecule has 1 aromatic carbocycles. The number of nitro benzene ring substituents is 1. The van der Waals surface area contributed by atoms with Crippen LogP contribution in [0.25, 0.3) is 0 Å². The molecular formula is C9H4BrF3INO3. The van der Waals surface area contributed by atoms with Gasteiger partial charge in [-0.25, -0.2) is 0 Å². The molecule has 9 heteroatoms. The van der Waals surface area contributed by atoms with Gasteiger partial charge < -0.3 is 0 Å². The molecule has 0 spiro atoms. The van der Waals surface area contributed by atoms with Crippen molar-refractivity contribution >= 4 is 50.0 Å². The van der Waals surface area contributed by atoms with Gasteiger partial charge in [-0.3, -0.25) is 14.9 Å². The topological polar surface area (TPSA) is 60.2 Å². The lowest BCUT2D eigenvalue weighted by Gasteiger charge is -2.12. The third-order valence-electron chi connectivity index (χ3n) is 2.02. The minimum absolute atomic E-state index is 0.170. The molecule has 0 unspecified atom stereocenters. The first kappa shape index (κ1) is 15.3. The molecule has 0 aromatic heterocycles. The fourth-order valence-corrected chi connectivity index (χ4v) is 2.28. The average molecular weight is 438 g/mol. The van der Waals surface area contributed by atoms with Gasteiger partial charge in [-0.1, -0.05) is 15.9 Å². The molecule has 0 heterocycles. The molecule has 0 atom stereocenters. The van der Waals surface area contributed by atoms with Gasteiger partial charge in [0, 0.05) is 5.56 Å². The van der Waals surface area contributed by atoms with Crippen molar-refractivity contribution < 1.29 is 22.9 Å². The van der Waals surface area contributed by atoms with Crippen LogP contribution in [-0.4, -0.2) is 16.0 Å². The summed E-state index contributed by atoms with van der Waals surface area (Å²) in [5.41, 5.74) is -3.29. The molecule has 0 radical (unpaired) electrons. The first-order valence-electron chi connectivity index (χ1n) is 4.33. The third-order valence-corrected chi connectivity index (χ3v) is 3.40. The molecule has 0 aliphatic rings. The number of carbonyl (C=O) groups excluding carboxylic acids is 1. The van der Waals surface area contributed by atoms with Gasteiger partial charge in [-0.2, -0.15) is 13.2 Å². The Morgan fingerprint density at radius 1 is 1.44 bits per heavy atom. The van der Waals surface area contributed by atoms with Crippen LogP contribution in [0.5, 0.6) is 0 Å². The summed E-state index contributed by atoms with van der Waals surface area (Å²) in [6.07, 6.45) is -4.96. The van der Waals surface area contributed by atoms with Gasteiger partial charge in [0.15, 0.2) is 5.78 Å². The SMILES string of the molecule is O=C(CBr)c1ccc(I)c([N+](=O)[O-])c1C(F)(F)F. The van der Waals surface area contributed by atoms with Crippen molar-refractivity contribution in [3.63, 3.8) is 0 Å². The van der Waals surface area contributed by atoms with Crippen LogP contribution in [0.15, 0.2) is 12.1 Å². The average Bonchev–Trinajstić information content (AvgIpc) is 2.25. The maximum atomic E-state index is 12.9. The maximum Gasteiger partial charge on any atom is 0.423 e. The zero-order valence-electron chi connectivity index (χ0n) is 8.42. The predicted octanol–water partition coefficient (Wildman–Crippen LogP) is 3.80. The van der Waals surface area contributed by atoms with Crippen LogP contribution < -0.4 is 0 Å². The lowest BCUT2D eigenvalue weighted by Crippen LogP contribution is -2.17. The van der Waals surface area contributed by atoms with E-state index < -0.39 is 33.7 Å². The summed E-state index contributed by atoms with van der Waals surface area (Å²) in [5, 5.41) is 10.4. The van der Waals surface area contributed by atoms with Crippen molar-refractivity contribution in [2.45, 2.75) is 6.18 Å². The van der Waals surface area contributed by atoms with Gasteiger partial charge in [0.1, 0.15) is 5.56 Å². The van der Waals surface area contributed by atoms with Gasteiger partial charge in [-0.05, 0) is 34.7 Å². The fraction of sp³-hybridized carbons (Fsp3) is 0.222. The van der Waals surface area contributed by atoms with E-state index in [1.54, 1.807) is 0 Å². The number of nitrogens with zero attached hydrogens (tertiary/aromatic N) is 1. The van der Waals surface area contributed by atoms with Crippen LogP contribution in [0.1, 0.15) is 15.9 Å². The summed E-state index contributed by atoms with van der Waals surface area (Å²) in [6, 6.07) is 2.06. The van der Waals surface area contributed by atoms with Gasteiger partial charge >= 0.3 is 6.18 Å². The minimum atomic E-state index is -4.96. The minimum Gasteiger partial charge on any atom is -0.293 e. The molecule has 0 aliphatic carbocycles. The lowest BCUT2D eigenvalue weighted by atomic mass is 10.0. The molecule has 4 nitrogen and oxygen atoms in total. The van der Waals surface area contributed by atoms with Crippen molar-refractivity contribution in [1.29, 1.82) is 0 Å². The Kier molecular flexibility index (Phi) is 4.70. The van der Waals surface area contributed by atoms with Gasteiger partial charge in [0.25, 0.3) is 5.69 Å². The number of benzene rings is 1. The van der Waals surface area contributed by atoms with E-state index in [1.165, 1.54) is 22.6 Å². The van der Waals surface area contributed by atoms with E-state index in [4.69, 9.17) is 0 Å². The first-order chi connectivity index (χ1) is 8.20. The summed E-state index contributed by atoms with van der Waals surface area (Å²) >= 11 is 4.17. The molecular weight excluding hydrogens is 434 g/mol. The van der Waals surface area contributed by atoms with Crippen LogP contribution in [0, 0.1) is 13.7 Å². The number of carbonyl (C=O) groups is 1. The molecule has 1 rings (SSSR count). The van der Waals surface area contributed by atoms with E-state index in [2.05, 4.69) is 15.9 Å². The van der Waals surface area contributed by atoms with Crippen LogP contribution in [-0.2, 0) is 6.18 Å². The van der Waals surface area contributed by atoms with Crippen molar-refractivity contribution in [2.24, 2.45) is 0 Å². The maximum absolute atomic E-state index is 12.9. The number of halogens is 5. The number of Topliss-reactive ketones (excluding diaryl/α,β-unsaturated/α-hetero) is 1. The van der Waals surface area contributed by atoms with Crippen molar-refractivity contribution in [2.75, 3.05) is 5.33 Å². The van der Waals surface area contributed by atoms with Gasteiger partial charge in [0.2, 0.25) is 0 Å². The Morgan fingerprint density at radius 3 is 2.39 bits per heavy atom. The highest BCUT2D eigenvalue weighted by Gasteiger charge is 2.43. The number of hydrogen-bond donors (Lipinski definition) is 0. The number of nitro groups is 1. The first-order valence-corrected chi connectivity index (χ1v) is 6.53. The molecule has 0 bridgehead atoms. The van der Waals surface area contributed by atoms with Crippen molar-refractivity contribution in [1.82, 2.24) is 0 Å². The van der Waals surface area contributed by atoms with Crippen LogP contribution >= 0.6 is 38.5 Å². The molecule has 0 saturated heterocycles. The van der Waals surface area contributed by atoms with Crippen LogP contribution in [0.3, 0.4) is 0 Å². The highest BCUT2D eigenvalue weighted by molar-refractivity contribution is 14.1. The molecule has 0 N–H and O–H groups in total. The molecule has 18 heavy (non-hydrogen) atoms. The van der Waals surface area contributed by atoms with Gasteiger partial charge in [0.05, 0.1) is 13.8 Å². The normalized spacial score (nSPS) is 11.4. The third kappa shape index (κ3) is 2.99. The van der Waals surface area contributed by atoms with E-state index in [1.807, 2.05) is 0 Å². The molecule has 0 fully saturated rings. The Labute approximate surface area is 121 Å². The summed E-state index contributed by atoms with van der Waals surface area (Å²) in [7, 11) is 0. The van der Waals surface area contributed by atoms with Crippen molar-refractivity contribution in [3.05, 3.63) is 36.9 Å². The zero-order valence-corrected chi connectivity index (χ0v) is 12.2. The van der Waals surface area contributed by atoms with E-state index in [9.17, 15) is 28.1 Å². The summed E-state index contributed by atoms with van der Waals surface area (Å²) in [6.45, 7) is 0.